The Morgan fingerprint density at radius 3 is 1.50 bits per heavy atom. The fourth-order valence-electron chi connectivity index (χ4n) is 8.51. The Kier molecular flexibility index (Phi) is 8.19. The van der Waals surface area contributed by atoms with Gasteiger partial charge in [0, 0.05) is 33.4 Å². The average molecular weight is 740 g/mol. The zero-order chi connectivity index (χ0) is 38.4. The number of hydrogen-bond donors (Lipinski definition) is 0. The Balaban J connectivity index is 0.962. The molecule has 272 valence electrons. The van der Waals surface area contributed by atoms with Gasteiger partial charge in [-0.1, -0.05) is 170 Å². The molecular weight excluding hydrogens is 703 g/mol. The van der Waals surface area contributed by atoms with E-state index in [9.17, 15) is 0 Å². The van der Waals surface area contributed by atoms with Crippen LogP contribution in [0.5, 0.6) is 0 Å². The Morgan fingerprint density at radius 2 is 0.793 bits per heavy atom. The maximum Gasteiger partial charge on any atom is 0.143 e. The zero-order valence-electron chi connectivity index (χ0n) is 31.7. The van der Waals surface area contributed by atoms with Crippen molar-refractivity contribution in [2.75, 3.05) is 4.90 Å². The van der Waals surface area contributed by atoms with E-state index in [-0.39, 0.29) is 0 Å². The quantitative estimate of drug-likeness (QED) is 0.162. The lowest BCUT2D eigenvalue weighted by Gasteiger charge is -2.26. The molecule has 2 nitrogen and oxygen atoms in total. The average Bonchev–Trinajstić information content (AvgIpc) is 3.68. The summed E-state index contributed by atoms with van der Waals surface area (Å²) in [7, 11) is 0. The van der Waals surface area contributed by atoms with Gasteiger partial charge in [-0.3, -0.25) is 0 Å². The summed E-state index contributed by atoms with van der Waals surface area (Å²) in [5.74, 6) is 0. The Hall–Kier alpha value is -7.68. The molecule has 1 aromatic heterocycles. The molecule has 0 aliphatic rings. The molecule has 1 heterocycles. The lowest BCUT2D eigenvalue weighted by molar-refractivity contribution is 0.670. The van der Waals surface area contributed by atoms with E-state index in [1.54, 1.807) is 0 Å². The minimum Gasteiger partial charge on any atom is -0.455 e. The van der Waals surface area contributed by atoms with Gasteiger partial charge in [-0.2, -0.15) is 0 Å². The predicted molar refractivity (Wildman–Crippen MR) is 245 cm³/mol. The summed E-state index contributed by atoms with van der Waals surface area (Å²) in [4.78, 5) is 2.35. The molecule has 0 radical (unpaired) electrons. The number of furan rings is 1. The number of hydrogen-bond acceptors (Lipinski definition) is 2. The number of nitrogens with zero attached hydrogens (tertiary/aromatic N) is 1. The number of fused-ring (bicyclic) bond motifs is 5. The summed E-state index contributed by atoms with van der Waals surface area (Å²) in [6.07, 6.45) is 0. The summed E-state index contributed by atoms with van der Waals surface area (Å²) >= 11 is 0. The van der Waals surface area contributed by atoms with Crippen molar-refractivity contribution in [3.63, 3.8) is 0 Å². The second-order valence-electron chi connectivity index (χ2n) is 14.9. The van der Waals surface area contributed by atoms with Crippen LogP contribution in [-0.2, 0) is 0 Å². The molecule has 2 heteroatoms. The molecule has 11 aromatic rings. The molecule has 58 heavy (non-hydrogen) atoms. The normalized spacial score (nSPS) is 11.4. The van der Waals surface area contributed by atoms with E-state index in [2.05, 4.69) is 223 Å². The smallest absolute Gasteiger partial charge is 0.143 e. The van der Waals surface area contributed by atoms with Gasteiger partial charge in [0.15, 0.2) is 0 Å². The van der Waals surface area contributed by atoms with Crippen molar-refractivity contribution in [1.82, 2.24) is 0 Å². The second-order valence-corrected chi connectivity index (χ2v) is 14.9. The van der Waals surface area contributed by atoms with Gasteiger partial charge in [0.25, 0.3) is 0 Å². The van der Waals surface area contributed by atoms with Gasteiger partial charge < -0.3 is 9.32 Å². The summed E-state index contributed by atoms with van der Waals surface area (Å²) in [6, 6.07) is 80.6. The Labute approximate surface area is 337 Å². The van der Waals surface area contributed by atoms with Crippen molar-refractivity contribution < 1.29 is 4.42 Å². The maximum absolute atomic E-state index is 6.48. The highest BCUT2D eigenvalue weighted by atomic mass is 16.3. The van der Waals surface area contributed by atoms with E-state index < -0.39 is 0 Å². The first kappa shape index (κ1) is 33.6. The molecule has 0 spiro atoms. The lowest BCUT2D eigenvalue weighted by atomic mass is 9.95. The van der Waals surface area contributed by atoms with E-state index in [0.29, 0.717) is 0 Å². The van der Waals surface area contributed by atoms with Crippen LogP contribution in [0, 0.1) is 0 Å². The molecule has 0 aliphatic carbocycles. The van der Waals surface area contributed by atoms with Crippen LogP contribution in [0.25, 0.3) is 88.0 Å². The largest absolute Gasteiger partial charge is 0.455 e. The SMILES string of the molecule is c1ccc(-c2cccc3ccc(-c4ccc(N(c5ccc(-c6ccc7oc8c(-c9ccccc9)cccc8c7c6)cc5)c5ccc6ccccc6c5)cc4)cc23)cc1. The summed E-state index contributed by atoms with van der Waals surface area (Å²) in [5, 5.41) is 7.17. The third-order valence-corrected chi connectivity index (χ3v) is 11.5. The van der Waals surface area contributed by atoms with Crippen LogP contribution in [0.4, 0.5) is 17.1 Å². The highest BCUT2D eigenvalue weighted by molar-refractivity contribution is 6.10. The summed E-state index contributed by atoms with van der Waals surface area (Å²) in [5.41, 5.74) is 14.5. The molecule has 0 N–H and O–H groups in total. The van der Waals surface area contributed by atoms with E-state index in [4.69, 9.17) is 4.42 Å². The van der Waals surface area contributed by atoms with Crippen LogP contribution in [0.3, 0.4) is 0 Å². The monoisotopic (exact) mass is 739 g/mol. The third-order valence-electron chi connectivity index (χ3n) is 11.5. The Morgan fingerprint density at radius 1 is 0.276 bits per heavy atom. The molecule has 0 fully saturated rings. The second kappa shape index (κ2) is 14.1. The van der Waals surface area contributed by atoms with Gasteiger partial charge >= 0.3 is 0 Å². The van der Waals surface area contributed by atoms with Crippen molar-refractivity contribution in [3.05, 3.63) is 224 Å². The fourth-order valence-corrected chi connectivity index (χ4v) is 8.51. The topological polar surface area (TPSA) is 16.4 Å². The standard InChI is InChI=1S/C56H37NO/c1-3-12-41(13-4-1)50-18-9-17-43-21-22-45(36-53(43)50)39-23-29-47(30-24-39)57(49-33-27-38-11-7-8-16-44(38)35-49)48-31-25-40(26-32-48)46-28-34-55-54(37-46)52-20-10-19-51(56(52)58-55)42-14-5-2-6-15-42/h1-37H. The summed E-state index contributed by atoms with van der Waals surface area (Å²) < 4.78 is 6.48. The van der Waals surface area contributed by atoms with E-state index in [1.807, 2.05) is 6.07 Å². The van der Waals surface area contributed by atoms with Gasteiger partial charge in [0.1, 0.15) is 11.2 Å². The molecule has 0 atom stereocenters. The predicted octanol–water partition coefficient (Wildman–Crippen LogP) is 16.0. The first-order valence-corrected chi connectivity index (χ1v) is 19.8. The fraction of sp³-hybridized carbons (Fsp3) is 0. The molecular formula is C56H37NO. The van der Waals surface area contributed by atoms with Gasteiger partial charge in [0.2, 0.25) is 0 Å². The van der Waals surface area contributed by atoms with Crippen LogP contribution in [0.2, 0.25) is 0 Å². The van der Waals surface area contributed by atoms with Gasteiger partial charge in [0.05, 0.1) is 0 Å². The number of benzene rings is 10. The molecule has 0 bridgehead atoms. The maximum atomic E-state index is 6.48. The third kappa shape index (κ3) is 6.00. The van der Waals surface area contributed by atoms with Crippen LogP contribution < -0.4 is 4.90 Å². The summed E-state index contributed by atoms with van der Waals surface area (Å²) in [6.45, 7) is 0. The molecule has 0 saturated heterocycles. The van der Waals surface area contributed by atoms with Crippen molar-refractivity contribution in [2.45, 2.75) is 0 Å². The molecule has 0 unspecified atom stereocenters. The van der Waals surface area contributed by atoms with Gasteiger partial charge in [-0.15, -0.1) is 0 Å². The number of anilines is 3. The zero-order valence-corrected chi connectivity index (χ0v) is 31.7. The minimum absolute atomic E-state index is 0.894. The first-order valence-electron chi connectivity index (χ1n) is 19.8. The van der Waals surface area contributed by atoms with E-state index >= 15 is 0 Å². The van der Waals surface area contributed by atoms with Crippen molar-refractivity contribution >= 4 is 60.5 Å². The molecule has 11 rings (SSSR count). The number of rotatable bonds is 7. The van der Waals surface area contributed by atoms with E-state index in [1.165, 1.54) is 43.8 Å². The van der Waals surface area contributed by atoms with Crippen LogP contribution in [-0.4, -0.2) is 0 Å². The van der Waals surface area contributed by atoms with Crippen molar-refractivity contribution in [2.24, 2.45) is 0 Å². The number of para-hydroxylation sites is 1. The van der Waals surface area contributed by atoms with Crippen LogP contribution in [0.15, 0.2) is 229 Å². The minimum atomic E-state index is 0.894. The van der Waals surface area contributed by atoms with Crippen LogP contribution in [0.1, 0.15) is 0 Å². The van der Waals surface area contributed by atoms with Crippen molar-refractivity contribution in [3.8, 4) is 44.5 Å². The Bertz CT molecular complexity index is 3250. The first-order chi connectivity index (χ1) is 28.7. The molecule has 10 aromatic carbocycles. The lowest BCUT2D eigenvalue weighted by Crippen LogP contribution is -2.09. The molecule has 0 aliphatic heterocycles. The van der Waals surface area contributed by atoms with Gasteiger partial charge in [-0.25, -0.2) is 0 Å². The van der Waals surface area contributed by atoms with Crippen LogP contribution >= 0.6 is 0 Å². The highest BCUT2D eigenvalue weighted by Crippen LogP contribution is 2.41. The van der Waals surface area contributed by atoms with Gasteiger partial charge in [-0.05, 0) is 115 Å². The molecule has 0 amide bonds. The highest BCUT2D eigenvalue weighted by Gasteiger charge is 2.16. The van der Waals surface area contributed by atoms with E-state index in [0.717, 1.165) is 61.3 Å². The van der Waals surface area contributed by atoms with Crippen molar-refractivity contribution in [1.29, 1.82) is 0 Å². The molecule has 0 saturated carbocycles.